The number of hydrogen-bond acceptors (Lipinski definition) is 3. The Kier molecular flexibility index (Phi) is 2.48. The van der Waals surface area contributed by atoms with E-state index < -0.39 is 4.92 Å². The summed E-state index contributed by atoms with van der Waals surface area (Å²) in [5.74, 6) is 0. The van der Waals surface area contributed by atoms with Gasteiger partial charge in [-0.3, -0.25) is 10.1 Å². The van der Waals surface area contributed by atoms with Gasteiger partial charge in [0.25, 0.3) is 5.69 Å². The summed E-state index contributed by atoms with van der Waals surface area (Å²) >= 11 is 0. The summed E-state index contributed by atoms with van der Waals surface area (Å²) in [6.07, 6.45) is 0. The molecule has 0 aliphatic carbocycles. The van der Waals surface area contributed by atoms with Crippen molar-refractivity contribution in [1.29, 1.82) is 0 Å². The molecule has 0 saturated heterocycles. The zero-order valence-electron chi connectivity index (χ0n) is 7.20. The van der Waals surface area contributed by atoms with Crippen LogP contribution in [0.25, 0.3) is 5.73 Å². The molecule has 0 saturated carbocycles. The number of nitrogen functional groups attached to an aromatic ring is 1. The molecule has 1 rings (SSSR count). The predicted molar refractivity (Wildman–Crippen MR) is 50.3 cm³/mol. The Bertz CT molecular complexity index is 349. The smallest absolute Gasteiger partial charge is 0.275 e. The standard InChI is InChI=1S/C8H10N3O2/c1-5-2-3-7(10)6(4-9)8(5)11(12)13/h2-3,9H,4,10H2,1H3/q-1. The van der Waals surface area contributed by atoms with Crippen molar-refractivity contribution in [3.05, 3.63) is 39.1 Å². The van der Waals surface area contributed by atoms with Crippen LogP contribution in [0.1, 0.15) is 11.1 Å². The molecule has 0 atom stereocenters. The number of hydrogen-bond donors (Lipinski definition) is 1. The molecule has 0 unspecified atom stereocenters. The van der Waals surface area contributed by atoms with Gasteiger partial charge in [0, 0.05) is 16.8 Å². The summed E-state index contributed by atoms with van der Waals surface area (Å²) in [6, 6.07) is 3.18. The molecule has 0 aliphatic heterocycles. The monoisotopic (exact) mass is 180 g/mol. The number of aryl methyl sites for hydroxylation is 1. The topological polar surface area (TPSA) is 93.0 Å². The zero-order chi connectivity index (χ0) is 10.0. The van der Waals surface area contributed by atoms with Gasteiger partial charge in [0.15, 0.2) is 0 Å². The first kappa shape index (κ1) is 9.47. The molecule has 0 fully saturated rings. The summed E-state index contributed by atoms with van der Waals surface area (Å²) < 4.78 is 0. The number of rotatable bonds is 2. The number of nitro benzene ring substituents is 1. The molecule has 5 heteroatoms. The van der Waals surface area contributed by atoms with Crippen LogP contribution in [-0.2, 0) is 6.54 Å². The second kappa shape index (κ2) is 3.40. The van der Waals surface area contributed by atoms with Gasteiger partial charge in [-0.15, -0.1) is 6.54 Å². The highest BCUT2D eigenvalue weighted by Crippen LogP contribution is 2.28. The number of anilines is 1. The van der Waals surface area contributed by atoms with Crippen molar-refractivity contribution in [2.45, 2.75) is 13.5 Å². The zero-order valence-corrected chi connectivity index (χ0v) is 7.20. The predicted octanol–water partition coefficient (Wildman–Crippen LogP) is 2.04. The Labute approximate surface area is 75.5 Å². The van der Waals surface area contributed by atoms with Crippen molar-refractivity contribution in [1.82, 2.24) is 0 Å². The van der Waals surface area contributed by atoms with E-state index in [1.54, 1.807) is 19.1 Å². The van der Waals surface area contributed by atoms with Crippen molar-refractivity contribution in [2.24, 2.45) is 0 Å². The summed E-state index contributed by atoms with van der Waals surface area (Å²) in [5.41, 5.74) is 13.8. The van der Waals surface area contributed by atoms with Crippen LogP contribution in [0.5, 0.6) is 0 Å². The average molecular weight is 180 g/mol. The molecule has 0 spiro atoms. The van der Waals surface area contributed by atoms with Gasteiger partial charge in [-0.1, -0.05) is 6.07 Å². The molecule has 1 aromatic rings. The van der Waals surface area contributed by atoms with Gasteiger partial charge in [-0.25, -0.2) is 0 Å². The van der Waals surface area contributed by atoms with Crippen molar-refractivity contribution in [3.8, 4) is 0 Å². The molecule has 3 N–H and O–H groups in total. The lowest BCUT2D eigenvalue weighted by Crippen LogP contribution is -2.01. The lowest BCUT2D eigenvalue weighted by Gasteiger charge is -2.09. The second-order valence-corrected chi connectivity index (χ2v) is 2.73. The molecule has 0 radical (unpaired) electrons. The van der Waals surface area contributed by atoms with Gasteiger partial charge in [0.05, 0.1) is 4.92 Å². The molecule has 0 heterocycles. The third kappa shape index (κ3) is 1.59. The van der Waals surface area contributed by atoms with E-state index in [-0.39, 0.29) is 12.2 Å². The Morgan fingerprint density at radius 2 is 2.23 bits per heavy atom. The van der Waals surface area contributed by atoms with E-state index in [2.05, 4.69) is 0 Å². The fourth-order valence-electron chi connectivity index (χ4n) is 1.21. The van der Waals surface area contributed by atoms with Crippen LogP contribution < -0.4 is 5.73 Å². The van der Waals surface area contributed by atoms with Crippen LogP contribution >= 0.6 is 0 Å². The van der Waals surface area contributed by atoms with Gasteiger partial charge in [0.2, 0.25) is 0 Å². The van der Waals surface area contributed by atoms with Crippen LogP contribution in [0.2, 0.25) is 0 Å². The molecule has 1 aromatic carbocycles. The van der Waals surface area contributed by atoms with Crippen molar-refractivity contribution in [3.63, 3.8) is 0 Å². The van der Waals surface area contributed by atoms with E-state index >= 15 is 0 Å². The maximum absolute atomic E-state index is 10.6. The highest BCUT2D eigenvalue weighted by Gasteiger charge is 2.16. The van der Waals surface area contributed by atoms with E-state index in [9.17, 15) is 10.1 Å². The van der Waals surface area contributed by atoms with E-state index in [1.165, 1.54) is 0 Å². The molecular formula is C8H10N3O2-. The second-order valence-electron chi connectivity index (χ2n) is 2.73. The minimum atomic E-state index is -0.491. The van der Waals surface area contributed by atoms with Gasteiger partial charge in [-0.2, -0.15) is 0 Å². The van der Waals surface area contributed by atoms with Gasteiger partial charge >= 0.3 is 0 Å². The largest absolute Gasteiger partial charge is 0.673 e. The van der Waals surface area contributed by atoms with E-state index in [0.29, 0.717) is 16.8 Å². The molecular weight excluding hydrogens is 170 g/mol. The Morgan fingerprint density at radius 1 is 1.62 bits per heavy atom. The normalized spacial score (nSPS) is 10.0. The minimum Gasteiger partial charge on any atom is -0.673 e. The number of nitrogens with two attached hydrogens (primary N) is 1. The van der Waals surface area contributed by atoms with Crippen LogP contribution in [0.15, 0.2) is 12.1 Å². The SMILES string of the molecule is Cc1ccc(N)c(C[NH-])c1[N+](=O)[O-]. The third-order valence-corrected chi connectivity index (χ3v) is 1.88. The van der Waals surface area contributed by atoms with Crippen LogP contribution in [0.3, 0.4) is 0 Å². The van der Waals surface area contributed by atoms with E-state index in [4.69, 9.17) is 11.5 Å². The maximum Gasteiger partial charge on any atom is 0.275 e. The molecule has 13 heavy (non-hydrogen) atoms. The highest BCUT2D eigenvalue weighted by molar-refractivity contribution is 5.61. The van der Waals surface area contributed by atoms with Gasteiger partial charge in [0.1, 0.15) is 0 Å². The molecule has 0 aliphatic rings. The maximum atomic E-state index is 10.6. The quantitative estimate of drug-likeness (QED) is 0.428. The van der Waals surface area contributed by atoms with Crippen molar-refractivity contribution in [2.75, 3.05) is 5.73 Å². The summed E-state index contributed by atoms with van der Waals surface area (Å²) in [7, 11) is 0. The van der Waals surface area contributed by atoms with Gasteiger partial charge < -0.3 is 11.5 Å². The first-order valence-electron chi connectivity index (χ1n) is 3.75. The number of nitro groups is 1. The fourth-order valence-corrected chi connectivity index (χ4v) is 1.21. The molecule has 0 amide bonds. The fraction of sp³-hybridized carbons (Fsp3) is 0.250. The van der Waals surface area contributed by atoms with Crippen molar-refractivity contribution < 1.29 is 4.92 Å². The number of nitrogens with zero attached hydrogens (tertiary/aromatic N) is 1. The third-order valence-electron chi connectivity index (χ3n) is 1.88. The summed E-state index contributed by atoms with van der Waals surface area (Å²) in [4.78, 5) is 10.1. The Morgan fingerprint density at radius 3 is 2.62 bits per heavy atom. The summed E-state index contributed by atoms with van der Waals surface area (Å²) in [5, 5.41) is 10.6. The van der Waals surface area contributed by atoms with Crippen LogP contribution in [0.4, 0.5) is 11.4 Å². The molecule has 0 aromatic heterocycles. The van der Waals surface area contributed by atoms with Crippen molar-refractivity contribution >= 4 is 11.4 Å². The van der Waals surface area contributed by atoms with Gasteiger partial charge in [-0.05, 0) is 13.0 Å². The lowest BCUT2D eigenvalue weighted by atomic mass is 10.1. The minimum absolute atomic E-state index is 0.0324. The van der Waals surface area contributed by atoms with E-state index in [0.717, 1.165) is 0 Å². The molecule has 70 valence electrons. The Balaban J connectivity index is 3.43. The first-order valence-corrected chi connectivity index (χ1v) is 3.75. The summed E-state index contributed by atoms with van der Waals surface area (Å²) in [6.45, 7) is 1.47. The molecule has 5 nitrogen and oxygen atoms in total. The number of nitrogens with one attached hydrogen (secondary N) is 1. The Hall–Kier alpha value is -1.62. The van der Waals surface area contributed by atoms with Crippen LogP contribution in [0, 0.1) is 17.0 Å². The molecule has 0 bridgehead atoms. The average Bonchev–Trinajstić information content (AvgIpc) is 2.07. The highest BCUT2D eigenvalue weighted by atomic mass is 16.6. The van der Waals surface area contributed by atoms with Crippen LogP contribution in [-0.4, -0.2) is 4.92 Å². The van der Waals surface area contributed by atoms with E-state index in [1.807, 2.05) is 0 Å². The first-order chi connectivity index (χ1) is 6.07. The number of benzene rings is 1. The lowest BCUT2D eigenvalue weighted by molar-refractivity contribution is -0.386.